The molecule has 0 atom stereocenters. The van der Waals surface area contributed by atoms with Gasteiger partial charge in [-0.25, -0.2) is 0 Å². The minimum atomic E-state index is 1.00. The van der Waals surface area contributed by atoms with E-state index in [0.29, 0.717) is 0 Å². The minimum Gasteiger partial charge on any atom is -0.265 e. The molecule has 0 aromatic carbocycles. The van der Waals surface area contributed by atoms with Gasteiger partial charge in [-0.15, -0.1) is 0 Å². The van der Waals surface area contributed by atoms with Crippen LogP contribution in [0.5, 0.6) is 0 Å². The molecule has 1 nitrogen and oxygen atoms in total. The summed E-state index contributed by atoms with van der Waals surface area (Å²) in [6.07, 6.45) is 8.66. The van der Waals surface area contributed by atoms with Gasteiger partial charge in [-0.1, -0.05) is 31.2 Å². The van der Waals surface area contributed by atoms with Gasteiger partial charge in [0.05, 0.1) is 0 Å². The van der Waals surface area contributed by atoms with Crippen LogP contribution in [0.2, 0.25) is 0 Å². The maximum Gasteiger partial charge on any atom is 0.0273 e. The van der Waals surface area contributed by atoms with E-state index in [9.17, 15) is 0 Å². The maximum atomic E-state index is 3.94. The normalized spacial score (nSPS) is 10.4. The minimum absolute atomic E-state index is 1.00. The lowest BCUT2D eigenvalue weighted by Crippen LogP contribution is -1.73. The van der Waals surface area contributed by atoms with E-state index < -0.39 is 0 Å². The van der Waals surface area contributed by atoms with Gasteiger partial charge in [-0.05, 0) is 24.1 Å². The van der Waals surface area contributed by atoms with Gasteiger partial charge in [0.1, 0.15) is 0 Å². The van der Waals surface area contributed by atoms with E-state index in [1.54, 1.807) is 12.4 Å². The summed E-state index contributed by atoms with van der Waals surface area (Å²) in [7, 11) is 0. The lowest BCUT2D eigenvalue weighted by atomic mass is 10.2. The number of hydrogen-bond acceptors (Lipinski definition) is 1. The highest BCUT2D eigenvalue weighted by Crippen LogP contribution is 2.04. The fourth-order valence-corrected chi connectivity index (χ4v) is 0.806. The molecule has 0 saturated carbocycles. The van der Waals surface area contributed by atoms with Crippen molar-refractivity contribution in [1.29, 1.82) is 0 Å². The zero-order valence-electron chi connectivity index (χ0n) is 7.33. The predicted octanol–water partition coefficient (Wildman–Crippen LogP) is 3.06. The molecule has 12 heavy (non-hydrogen) atoms. The number of pyridine rings is 1. The average Bonchev–Trinajstić information content (AvgIpc) is 2.16. The van der Waals surface area contributed by atoms with E-state index >= 15 is 0 Å². The molecule has 62 valence electrons. The van der Waals surface area contributed by atoms with Crippen LogP contribution in [-0.2, 0) is 0 Å². The van der Waals surface area contributed by atoms with Crippen LogP contribution >= 0.6 is 0 Å². The molecule has 0 amide bonds. The summed E-state index contributed by atoms with van der Waals surface area (Å²) in [5.41, 5.74) is 2.31. The van der Waals surface area contributed by atoms with E-state index in [2.05, 4.69) is 18.5 Å². The zero-order chi connectivity index (χ0) is 8.81. The summed E-state index contributed by atoms with van der Waals surface area (Å²) in [5, 5.41) is 0. The Balaban J connectivity index is 2.64. The third-order valence-corrected chi connectivity index (χ3v) is 1.67. The largest absolute Gasteiger partial charge is 0.265 e. The number of hydrogen-bond donors (Lipinski definition) is 0. The molecule has 1 rings (SSSR count). The summed E-state index contributed by atoms with van der Waals surface area (Å²) < 4.78 is 0. The molecule has 0 aliphatic carbocycles. The quantitative estimate of drug-likeness (QED) is 0.618. The van der Waals surface area contributed by atoms with Crippen molar-refractivity contribution in [2.75, 3.05) is 0 Å². The lowest BCUT2D eigenvalue weighted by Gasteiger charge is -1.92. The summed E-state index contributed by atoms with van der Waals surface area (Å²) in [4.78, 5) is 3.94. The molecule has 0 saturated heterocycles. The van der Waals surface area contributed by atoms with Gasteiger partial charge in [-0.3, -0.25) is 4.98 Å². The average molecular weight is 159 g/mol. The van der Waals surface area contributed by atoms with Crippen molar-refractivity contribution in [2.24, 2.45) is 0 Å². The van der Waals surface area contributed by atoms with Crippen LogP contribution in [-0.4, -0.2) is 4.98 Å². The Hall–Kier alpha value is -1.37. The summed E-state index contributed by atoms with van der Waals surface area (Å²) >= 11 is 0. The molecule has 0 N–H and O–H groups in total. The van der Waals surface area contributed by atoms with Crippen molar-refractivity contribution in [3.63, 3.8) is 0 Å². The molecule has 1 heterocycles. The first-order valence-corrected chi connectivity index (χ1v) is 4.09. The summed E-state index contributed by atoms with van der Waals surface area (Å²) in [5.74, 6) is 0. The first kappa shape index (κ1) is 8.72. The number of aromatic nitrogens is 1. The molecule has 0 radical (unpaired) electrons. The van der Waals surface area contributed by atoms with Gasteiger partial charge in [0, 0.05) is 12.4 Å². The standard InChI is InChI=1S/C11H13N/c1-3-10(2)4-5-11-6-8-12-9-7-11/h4-9H,2-3H2,1H3/b5-4+. The fraction of sp³-hybridized carbons (Fsp3) is 0.182. The number of rotatable bonds is 3. The van der Waals surface area contributed by atoms with Crippen LogP contribution in [0, 0.1) is 0 Å². The Morgan fingerprint density at radius 1 is 1.50 bits per heavy atom. The van der Waals surface area contributed by atoms with Crippen molar-refractivity contribution in [3.05, 3.63) is 48.3 Å². The molecular formula is C11H13N. The van der Waals surface area contributed by atoms with Crippen LogP contribution < -0.4 is 0 Å². The van der Waals surface area contributed by atoms with Gasteiger partial charge in [-0.2, -0.15) is 0 Å². The number of nitrogens with zero attached hydrogens (tertiary/aromatic N) is 1. The van der Waals surface area contributed by atoms with E-state index in [4.69, 9.17) is 0 Å². The molecule has 0 bridgehead atoms. The summed E-state index contributed by atoms with van der Waals surface area (Å²) in [6, 6.07) is 3.94. The van der Waals surface area contributed by atoms with Crippen molar-refractivity contribution in [1.82, 2.24) is 4.98 Å². The van der Waals surface area contributed by atoms with E-state index in [0.717, 1.165) is 12.0 Å². The lowest BCUT2D eigenvalue weighted by molar-refractivity contribution is 1.16. The Morgan fingerprint density at radius 3 is 2.75 bits per heavy atom. The molecule has 0 unspecified atom stereocenters. The molecular weight excluding hydrogens is 146 g/mol. The molecule has 0 aliphatic heterocycles. The van der Waals surface area contributed by atoms with Gasteiger partial charge < -0.3 is 0 Å². The highest BCUT2D eigenvalue weighted by molar-refractivity contribution is 5.51. The van der Waals surface area contributed by atoms with Gasteiger partial charge in [0.15, 0.2) is 0 Å². The predicted molar refractivity (Wildman–Crippen MR) is 52.7 cm³/mol. The van der Waals surface area contributed by atoms with Crippen LogP contribution in [0.25, 0.3) is 6.08 Å². The Kier molecular flexibility index (Phi) is 3.27. The molecule has 1 aromatic rings. The molecule has 1 aromatic heterocycles. The molecule has 0 spiro atoms. The van der Waals surface area contributed by atoms with E-state index in [1.807, 2.05) is 24.3 Å². The fourth-order valence-electron chi connectivity index (χ4n) is 0.806. The van der Waals surface area contributed by atoms with Crippen molar-refractivity contribution >= 4 is 6.08 Å². The van der Waals surface area contributed by atoms with E-state index in [1.165, 1.54) is 5.56 Å². The van der Waals surface area contributed by atoms with Crippen LogP contribution in [0.3, 0.4) is 0 Å². The zero-order valence-corrected chi connectivity index (χ0v) is 7.33. The van der Waals surface area contributed by atoms with Crippen LogP contribution in [0.15, 0.2) is 42.8 Å². The molecule has 0 fully saturated rings. The number of allylic oxidation sites excluding steroid dienone is 2. The van der Waals surface area contributed by atoms with E-state index in [-0.39, 0.29) is 0 Å². The smallest absolute Gasteiger partial charge is 0.0273 e. The van der Waals surface area contributed by atoms with Crippen LogP contribution in [0.4, 0.5) is 0 Å². The maximum absolute atomic E-state index is 3.94. The van der Waals surface area contributed by atoms with Crippen LogP contribution in [0.1, 0.15) is 18.9 Å². The second-order valence-electron chi connectivity index (χ2n) is 2.63. The first-order chi connectivity index (χ1) is 5.83. The Bertz CT molecular complexity index is 272. The van der Waals surface area contributed by atoms with Crippen molar-refractivity contribution in [3.8, 4) is 0 Å². The first-order valence-electron chi connectivity index (χ1n) is 4.09. The van der Waals surface area contributed by atoms with Gasteiger partial charge >= 0.3 is 0 Å². The Labute approximate surface area is 73.5 Å². The second kappa shape index (κ2) is 4.50. The molecule has 0 aliphatic rings. The van der Waals surface area contributed by atoms with Gasteiger partial charge in [0.2, 0.25) is 0 Å². The van der Waals surface area contributed by atoms with Crippen molar-refractivity contribution in [2.45, 2.75) is 13.3 Å². The SMILES string of the molecule is C=C(/C=C/c1ccncc1)CC. The summed E-state index contributed by atoms with van der Waals surface area (Å²) in [6.45, 7) is 5.98. The molecule has 1 heteroatoms. The third kappa shape index (κ3) is 2.70. The highest BCUT2D eigenvalue weighted by Gasteiger charge is 1.84. The topological polar surface area (TPSA) is 12.9 Å². The highest BCUT2D eigenvalue weighted by atomic mass is 14.6. The monoisotopic (exact) mass is 159 g/mol. The third-order valence-electron chi connectivity index (χ3n) is 1.67. The van der Waals surface area contributed by atoms with Gasteiger partial charge in [0.25, 0.3) is 0 Å². The second-order valence-corrected chi connectivity index (χ2v) is 2.63. The Morgan fingerprint density at radius 2 is 2.17 bits per heavy atom. The van der Waals surface area contributed by atoms with Crippen molar-refractivity contribution < 1.29 is 0 Å².